The average Bonchev–Trinajstić information content (AvgIpc) is 2.16. The normalized spacial score (nSPS) is 9.00. The minimum absolute atomic E-state index is 0.0879. The van der Waals surface area contributed by atoms with Gasteiger partial charge >= 0.3 is 0 Å². The van der Waals surface area contributed by atoms with Crippen molar-refractivity contribution in [2.45, 2.75) is 0 Å². The zero-order valence-electron chi connectivity index (χ0n) is 6.74. The first kappa shape index (κ1) is 9.49. The van der Waals surface area contributed by atoms with Crippen LogP contribution in [0, 0.1) is 11.3 Å². The third-order valence-corrected chi connectivity index (χ3v) is 1.62. The van der Waals surface area contributed by atoms with Crippen LogP contribution in [-0.4, -0.2) is 17.3 Å². The summed E-state index contributed by atoms with van der Waals surface area (Å²) in [4.78, 5) is 14.5. The van der Waals surface area contributed by atoms with Gasteiger partial charge in [-0.1, -0.05) is 0 Å². The predicted molar refractivity (Wildman–Crippen MR) is 45.7 cm³/mol. The summed E-state index contributed by atoms with van der Waals surface area (Å²) in [5.74, 6) is 0.276. The molecule has 0 aliphatic heterocycles. The van der Waals surface area contributed by atoms with E-state index in [9.17, 15) is 4.79 Å². The van der Waals surface area contributed by atoms with E-state index in [4.69, 9.17) is 21.6 Å². The fraction of sp³-hybridized carbons (Fsp3) is 0.125. The van der Waals surface area contributed by atoms with Gasteiger partial charge in [-0.15, -0.1) is 0 Å². The Morgan fingerprint density at radius 1 is 1.77 bits per heavy atom. The van der Waals surface area contributed by atoms with Gasteiger partial charge in [0, 0.05) is 12.3 Å². The second kappa shape index (κ2) is 3.87. The molecule has 0 fully saturated rings. The second-order valence-electron chi connectivity index (χ2n) is 2.16. The Kier molecular flexibility index (Phi) is 2.83. The van der Waals surface area contributed by atoms with E-state index in [1.165, 1.54) is 19.4 Å². The monoisotopic (exact) mass is 196 g/mol. The van der Waals surface area contributed by atoms with Crippen molar-refractivity contribution in [3.05, 3.63) is 23.4 Å². The van der Waals surface area contributed by atoms with Gasteiger partial charge in [0.1, 0.15) is 6.07 Å². The van der Waals surface area contributed by atoms with Crippen molar-refractivity contribution >= 4 is 16.8 Å². The van der Waals surface area contributed by atoms with Gasteiger partial charge in [0.2, 0.25) is 5.88 Å². The summed E-state index contributed by atoms with van der Waals surface area (Å²) in [7, 11) is 1.42. The molecule has 0 amide bonds. The lowest BCUT2D eigenvalue weighted by Crippen LogP contribution is -1.97. The Morgan fingerprint density at radius 2 is 2.46 bits per heavy atom. The predicted octanol–water partition coefficient (Wildman–Crippen LogP) is 1.34. The molecule has 0 radical (unpaired) electrons. The number of carbonyl (C=O) groups excluding carboxylic acids is 1. The summed E-state index contributed by atoms with van der Waals surface area (Å²) >= 11 is 5.21. The SMILES string of the molecule is COc1cc(C#N)c(C(=O)Cl)cn1. The van der Waals surface area contributed by atoms with Crippen molar-refractivity contribution in [3.63, 3.8) is 0 Å². The molecule has 0 aromatic carbocycles. The van der Waals surface area contributed by atoms with Crippen molar-refractivity contribution < 1.29 is 9.53 Å². The molecule has 0 saturated carbocycles. The van der Waals surface area contributed by atoms with Gasteiger partial charge in [0.15, 0.2) is 0 Å². The van der Waals surface area contributed by atoms with Crippen LogP contribution in [-0.2, 0) is 0 Å². The van der Waals surface area contributed by atoms with Gasteiger partial charge in [-0.2, -0.15) is 5.26 Å². The van der Waals surface area contributed by atoms with Crippen LogP contribution >= 0.6 is 11.6 Å². The zero-order chi connectivity index (χ0) is 9.84. The van der Waals surface area contributed by atoms with Crippen LogP contribution in [0.3, 0.4) is 0 Å². The van der Waals surface area contributed by atoms with E-state index in [0.717, 1.165) is 0 Å². The molecule has 1 aromatic heterocycles. The molecule has 5 heteroatoms. The molecule has 0 spiro atoms. The van der Waals surface area contributed by atoms with Crippen molar-refractivity contribution in [1.29, 1.82) is 5.26 Å². The molecule has 13 heavy (non-hydrogen) atoms. The molecular formula is C8H5ClN2O2. The van der Waals surface area contributed by atoms with Crippen LogP contribution in [0.15, 0.2) is 12.3 Å². The van der Waals surface area contributed by atoms with Crippen LogP contribution in [0.25, 0.3) is 0 Å². The van der Waals surface area contributed by atoms with E-state index in [1.54, 1.807) is 0 Å². The fourth-order valence-corrected chi connectivity index (χ4v) is 0.948. The van der Waals surface area contributed by atoms with Gasteiger partial charge in [0.05, 0.1) is 18.2 Å². The van der Waals surface area contributed by atoms with E-state index in [0.29, 0.717) is 0 Å². The van der Waals surface area contributed by atoms with Gasteiger partial charge in [-0.25, -0.2) is 4.98 Å². The number of aromatic nitrogens is 1. The highest BCUT2D eigenvalue weighted by atomic mass is 35.5. The Labute approximate surface area is 79.7 Å². The van der Waals surface area contributed by atoms with Crippen molar-refractivity contribution in [2.75, 3.05) is 7.11 Å². The Morgan fingerprint density at radius 3 is 2.92 bits per heavy atom. The standard InChI is InChI=1S/C8H5ClN2O2/c1-13-7-2-5(3-10)6(4-11-7)8(9)12/h2,4H,1H3. The smallest absolute Gasteiger partial charge is 0.255 e. The number of pyridine rings is 1. The highest BCUT2D eigenvalue weighted by Gasteiger charge is 2.10. The summed E-state index contributed by atoms with van der Waals surface area (Å²) in [5, 5.41) is 7.94. The number of hydrogen-bond acceptors (Lipinski definition) is 4. The van der Waals surface area contributed by atoms with Crippen LogP contribution < -0.4 is 4.74 Å². The maximum Gasteiger partial charge on any atom is 0.255 e. The van der Waals surface area contributed by atoms with Crippen molar-refractivity contribution in [2.24, 2.45) is 0 Å². The lowest BCUT2D eigenvalue weighted by molar-refractivity contribution is 0.108. The van der Waals surface area contributed by atoms with E-state index < -0.39 is 5.24 Å². The molecule has 0 aliphatic rings. The maximum atomic E-state index is 10.8. The topological polar surface area (TPSA) is 63.0 Å². The molecule has 4 nitrogen and oxygen atoms in total. The number of rotatable bonds is 2. The molecule has 1 aromatic rings. The molecule has 0 unspecified atom stereocenters. The van der Waals surface area contributed by atoms with E-state index in [1.807, 2.05) is 6.07 Å². The third kappa shape index (κ3) is 1.95. The lowest BCUT2D eigenvalue weighted by atomic mass is 10.2. The summed E-state index contributed by atoms with van der Waals surface area (Å²) in [6, 6.07) is 3.18. The van der Waals surface area contributed by atoms with Gasteiger partial charge in [-0.05, 0) is 11.6 Å². The Balaban J connectivity index is 3.26. The number of ether oxygens (including phenoxy) is 1. The third-order valence-electron chi connectivity index (χ3n) is 1.42. The molecule has 1 heterocycles. The molecule has 66 valence electrons. The zero-order valence-corrected chi connectivity index (χ0v) is 7.50. The quantitative estimate of drug-likeness (QED) is 0.670. The second-order valence-corrected chi connectivity index (χ2v) is 2.50. The molecule has 0 bridgehead atoms. The molecule has 0 atom stereocenters. The molecular weight excluding hydrogens is 192 g/mol. The van der Waals surface area contributed by atoms with Gasteiger partial charge in [-0.3, -0.25) is 4.79 Å². The minimum atomic E-state index is -0.702. The maximum absolute atomic E-state index is 10.8. The van der Waals surface area contributed by atoms with E-state index in [2.05, 4.69) is 4.98 Å². The van der Waals surface area contributed by atoms with Gasteiger partial charge in [0.25, 0.3) is 5.24 Å². The van der Waals surface area contributed by atoms with Crippen LogP contribution in [0.5, 0.6) is 5.88 Å². The van der Waals surface area contributed by atoms with Crippen LogP contribution in [0.4, 0.5) is 0 Å². The molecule has 0 N–H and O–H groups in total. The molecule has 0 saturated heterocycles. The first-order valence-corrected chi connectivity index (χ1v) is 3.70. The number of nitriles is 1. The number of halogens is 1. The Bertz CT molecular complexity index is 384. The fourth-order valence-electron chi connectivity index (χ4n) is 0.797. The largest absolute Gasteiger partial charge is 0.481 e. The number of methoxy groups -OCH3 is 1. The first-order chi connectivity index (χ1) is 6.19. The summed E-state index contributed by atoms with van der Waals surface area (Å²) in [5.41, 5.74) is 0.247. The summed E-state index contributed by atoms with van der Waals surface area (Å²) in [6.45, 7) is 0. The van der Waals surface area contributed by atoms with E-state index in [-0.39, 0.29) is 17.0 Å². The van der Waals surface area contributed by atoms with Gasteiger partial charge < -0.3 is 4.74 Å². The van der Waals surface area contributed by atoms with Crippen molar-refractivity contribution in [1.82, 2.24) is 4.98 Å². The summed E-state index contributed by atoms with van der Waals surface area (Å²) in [6.07, 6.45) is 1.21. The molecule has 1 rings (SSSR count). The first-order valence-electron chi connectivity index (χ1n) is 3.33. The Hall–Kier alpha value is -1.60. The van der Waals surface area contributed by atoms with Crippen molar-refractivity contribution in [3.8, 4) is 11.9 Å². The highest BCUT2D eigenvalue weighted by Crippen LogP contribution is 2.14. The lowest BCUT2D eigenvalue weighted by Gasteiger charge is -2.00. The van der Waals surface area contributed by atoms with Crippen LogP contribution in [0.1, 0.15) is 15.9 Å². The summed E-state index contributed by atoms with van der Waals surface area (Å²) < 4.78 is 4.77. The van der Waals surface area contributed by atoms with E-state index >= 15 is 0 Å². The highest BCUT2D eigenvalue weighted by molar-refractivity contribution is 6.68. The number of nitrogens with zero attached hydrogens (tertiary/aromatic N) is 2. The number of carbonyl (C=O) groups is 1. The average molecular weight is 197 g/mol. The minimum Gasteiger partial charge on any atom is -0.481 e. The molecule has 0 aliphatic carbocycles. The van der Waals surface area contributed by atoms with Crippen LogP contribution in [0.2, 0.25) is 0 Å². The number of hydrogen-bond donors (Lipinski definition) is 0.